The number of benzene rings is 1. The van der Waals surface area contributed by atoms with E-state index in [2.05, 4.69) is 15.3 Å². The molecule has 11 nitrogen and oxygen atoms in total. The molecule has 1 saturated heterocycles. The topological polar surface area (TPSA) is 137 Å². The van der Waals surface area contributed by atoms with E-state index in [-0.39, 0.29) is 43.0 Å². The van der Waals surface area contributed by atoms with E-state index in [1.54, 1.807) is 42.6 Å². The number of amides is 2. The minimum atomic E-state index is -2.98. The second-order valence-electron chi connectivity index (χ2n) is 11.2. The van der Waals surface area contributed by atoms with Crippen molar-refractivity contribution in [2.45, 2.75) is 79.6 Å². The summed E-state index contributed by atoms with van der Waals surface area (Å²) >= 11 is 0. The minimum absolute atomic E-state index is 0.0296. The van der Waals surface area contributed by atoms with E-state index in [0.717, 1.165) is 0 Å². The van der Waals surface area contributed by atoms with Crippen LogP contribution in [-0.4, -0.2) is 67.8 Å². The highest BCUT2D eigenvalue weighted by Crippen LogP contribution is 2.50. The number of hydrogen-bond acceptors (Lipinski definition) is 8. The molecule has 14 heteroatoms. The summed E-state index contributed by atoms with van der Waals surface area (Å²) < 4.78 is 54.5. The Morgan fingerprint density at radius 1 is 1.14 bits per heavy atom. The van der Waals surface area contributed by atoms with Gasteiger partial charge in [-0.1, -0.05) is 27.7 Å². The number of carbonyl (C=O) groups excluding carboxylic acids is 2. The van der Waals surface area contributed by atoms with E-state index in [1.165, 1.54) is 23.2 Å². The SMILES string of the molecule is CC.CC.CCOc1cc(C(=O)Nc2cc(CF)ccn2)ccc1-c1nc(C2CN(C(=O)C3CC3(F)F)C(C)CO2)n2c(C)cnc(N)c12. The fourth-order valence-electron chi connectivity index (χ4n) is 5.57. The van der Waals surface area contributed by atoms with Crippen molar-refractivity contribution in [3.63, 3.8) is 0 Å². The van der Waals surface area contributed by atoms with Crippen LogP contribution in [0.4, 0.5) is 24.8 Å². The number of aromatic nitrogens is 4. The van der Waals surface area contributed by atoms with E-state index in [1.807, 2.05) is 34.6 Å². The van der Waals surface area contributed by atoms with Crippen molar-refractivity contribution in [1.29, 1.82) is 0 Å². The van der Waals surface area contributed by atoms with Crippen LogP contribution in [0.5, 0.6) is 5.75 Å². The summed E-state index contributed by atoms with van der Waals surface area (Å²) in [7, 11) is 0. The van der Waals surface area contributed by atoms with Gasteiger partial charge in [-0.15, -0.1) is 0 Å². The third kappa shape index (κ3) is 7.64. The Morgan fingerprint density at radius 3 is 2.51 bits per heavy atom. The van der Waals surface area contributed by atoms with Crippen molar-refractivity contribution in [1.82, 2.24) is 24.3 Å². The highest BCUT2D eigenvalue weighted by Gasteiger charge is 2.62. The number of anilines is 2. The molecular weight excluding hydrogens is 639 g/mol. The number of nitrogens with one attached hydrogen (secondary N) is 1. The fraction of sp³-hybridized carbons (Fsp3) is 0.457. The molecule has 2 amide bonds. The number of nitrogen functional groups attached to an aromatic ring is 1. The number of nitrogens with two attached hydrogens (primary N) is 1. The van der Waals surface area contributed by atoms with Gasteiger partial charge < -0.3 is 25.4 Å². The molecule has 3 aromatic heterocycles. The van der Waals surface area contributed by atoms with Crippen molar-refractivity contribution < 1.29 is 32.2 Å². The lowest BCUT2D eigenvalue weighted by atomic mass is 10.1. The largest absolute Gasteiger partial charge is 0.493 e. The first-order valence-corrected chi connectivity index (χ1v) is 16.5. The Kier molecular flexibility index (Phi) is 11.9. The van der Waals surface area contributed by atoms with Crippen LogP contribution in [-0.2, 0) is 16.2 Å². The maximum atomic E-state index is 13.8. The predicted molar refractivity (Wildman–Crippen MR) is 181 cm³/mol. The van der Waals surface area contributed by atoms with E-state index >= 15 is 0 Å². The van der Waals surface area contributed by atoms with Gasteiger partial charge in [-0.25, -0.2) is 28.1 Å². The average molecular weight is 684 g/mol. The molecular formula is C35H44F3N7O4. The molecule has 1 aromatic carbocycles. The molecule has 0 radical (unpaired) electrons. The Bertz CT molecular complexity index is 1800. The van der Waals surface area contributed by atoms with Crippen molar-refractivity contribution >= 4 is 29.0 Å². The molecule has 1 saturated carbocycles. The fourth-order valence-corrected chi connectivity index (χ4v) is 5.57. The highest BCUT2D eigenvalue weighted by atomic mass is 19.3. The van der Waals surface area contributed by atoms with Gasteiger partial charge in [0.15, 0.2) is 0 Å². The van der Waals surface area contributed by atoms with Crippen molar-refractivity contribution in [2.24, 2.45) is 5.92 Å². The molecule has 3 N–H and O–H groups in total. The molecule has 2 aliphatic rings. The standard InChI is InChI=1S/C31H32F3N7O4.2C2H6/c1-4-44-22-10-19(29(42)38-24-9-18(12-32)7-8-36-24)5-6-20(22)25-26-27(35)37-13-16(2)41(26)28(39-25)23-14-40(17(3)15-45-23)30(43)21-11-31(21,33)34;2*1-2/h5-10,13,17,21,23H,4,11-12,14-15H2,1-3H3,(H2,35,37)(H,36,38,42);2*1-2H3. The molecule has 49 heavy (non-hydrogen) atoms. The monoisotopic (exact) mass is 683 g/mol. The Morgan fingerprint density at radius 2 is 1.86 bits per heavy atom. The number of morpholine rings is 1. The lowest BCUT2D eigenvalue weighted by Gasteiger charge is -2.37. The summed E-state index contributed by atoms with van der Waals surface area (Å²) in [6.07, 6.45) is 1.80. The number of halogens is 3. The summed E-state index contributed by atoms with van der Waals surface area (Å²) in [5, 5.41) is 2.67. The van der Waals surface area contributed by atoms with Crippen LogP contribution in [0.2, 0.25) is 0 Å². The third-order valence-electron chi connectivity index (χ3n) is 8.04. The number of hydrogen-bond donors (Lipinski definition) is 2. The molecule has 4 heterocycles. The lowest BCUT2D eigenvalue weighted by Crippen LogP contribution is -2.49. The summed E-state index contributed by atoms with van der Waals surface area (Å²) in [5.41, 5.74) is 9.10. The second kappa shape index (κ2) is 15.7. The highest BCUT2D eigenvalue weighted by molar-refractivity contribution is 6.04. The molecule has 264 valence electrons. The summed E-state index contributed by atoms with van der Waals surface area (Å²) in [4.78, 5) is 40.9. The smallest absolute Gasteiger partial charge is 0.260 e. The first-order valence-electron chi connectivity index (χ1n) is 16.5. The zero-order valence-corrected chi connectivity index (χ0v) is 28.9. The van der Waals surface area contributed by atoms with Crippen molar-refractivity contribution in [2.75, 3.05) is 30.8 Å². The van der Waals surface area contributed by atoms with Crippen LogP contribution in [0.3, 0.4) is 0 Å². The van der Waals surface area contributed by atoms with Gasteiger partial charge in [0.2, 0.25) is 5.91 Å². The van der Waals surface area contributed by atoms with Gasteiger partial charge in [-0.3, -0.25) is 14.0 Å². The zero-order valence-electron chi connectivity index (χ0n) is 28.9. The molecule has 6 rings (SSSR count). The number of aryl methyl sites for hydroxylation is 1. The van der Waals surface area contributed by atoms with E-state index in [9.17, 15) is 22.8 Å². The van der Waals surface area contributed by atoms with Gasteiger partial charge in [0.25, 0.3) is 11.8 Å². The minimum Gasteiger partial charge on any atom is -0.493 e. The summed E-state index contributed by atoms with van der Waals surface area (Å²) in [6, 6.07) is 7.41. The van der Waals surface area contributed by atoms with Gasteiger partial charge in [0, 0.05) is 35.6 Å². The van der Waals surface area contributed by atoms with E-state index < -0.39 is 42.9 Å². The van der Waals surface area contributed by atoms with Gasteiger partial charge in [0.05, 0.1) is 25.8 Å². The number of pyridine rings is 1. The Hall–Kier alpha value is -4.72. The number of carbonyl (C=O) groups is 2. The van der Waals surface area contributed by atoms with E-state index in [0.29, 0.717) is 39.6 Å². The second-order valence-corrected chi connectivity index (χ2v) is 11.2. The number of ether oxygens (including phenoxy) is 2. The average Bonchev–Trinajstić information content (AvgIpc) is 3.56. The zero-order chi connectivity index (χ0) is 36.0. The number of imidazole rings is 1. The first-order chi connectivity index (χ1) is 23.5. The van der Waals surface area contributed by atoms with E-state index in [4.69, 9.17) is 20.2 Å². The normalized spacial score (nSPS) is 19.2. The van der Waals surface area contributed by atoms with Gasteiger partial charge in [-0.2, -0.15) is 0 Å². The van der Waals surface area contributed by atoms with Crippen LogP contribution in [0.1, 0.15) is 81.5 Å². The molecule has 0 bridgehead atoms. The molecule has 1 aliphatic heterocycles. The molecule has 3 unspecified atom stereocenters. The molecule has 1 aliphatic carbocycles. The third-order valence-corrected chi connectivity index (χ3v) is 8.04. The summed E-state index contributed by atoms with van der Waals surface area (Å²) in [5.74, 6) is -4.24. The van der Waals surface area contributed by atoms with Gasteiger partial charge in [0.1, 0.15) is 53.1 Å². The lowest BCUT2D eigenvalue weighted by molar-refractivity contribution is -0.148. The quantitative estimate of drug-likeness (QED) is 0.207. The molecule has 4 aromatic rings. The number of fused-ring (bicyclic) bond motifs is 1. The molecule has 3 atom stereocenters. The Balaban J connectivity index is 0.00000130. The van der Waals surface area contributed by atoms with Gasteiger partial charge in [-0.05, 0) is 56.7 Å². The number of rotatable bonds is 8. The number of alkyl halides is 3. The maximum Gasteiger partial charge on any atom is 0.260 e. The molecule has 0 spiro atoms. The Labute approximate surface area is 284 Å². The van der Waals surface area contributed by atoms with Crippen LogP contribution in [0.25, 0.3) is 16.8 Å². The number of nitrogens with zero attached hydrogens (tertiary/aromatic N) is 5. The van der Waals surface area contributed by atoms with Gasteiger partial charge >= 0.3 is 0 Å². The van der Waals surface area contributed by atoms with Crippen molar-refractivity contribution in [3.05, 3.63) is 65.4 Å². The van der Waals surface area contributed by atoms with Crippen LogP contribution in [0, 0.1) is 12.8 Å². The summed E-state index contributed by atoms with van der Waals surface area (Å²) in [6.45, 7) is 13.1. The van der Waals surface area contributed by atoms with Crippen LogP contribution >= 0.6 is 0 Å². The van der Waals surface area contributed by atoms with Crippen LogP contribution in [0.15, 0.2) is 42.7 Å². The molecule has 2 fully saturated rings. The van der Waals surface area contributed by atoms with Crippen molar-refractivity contribution in [3.8, 4) is 17.0 Å². The van der Waals surface area contributed by atoms with Crippen LogP contribution < -0.4 is 15.8 Å². The predicted octanol–water partition coefficient (Wildman–Crippen LogP) is 6.80. The maximum absolute atomic E-state index is 13.8. The first kappa shape index (κ1) is 37.1.